The number of amides is 1. The predicted octanol–water partition coefficient (Wildman–Crippen LogP) is 10.5. The molecule has 2 N–H and O–H groups in total. The van der Waals surface area contributed by atoms with Crippen molar-refractivity contribution < 1.29 is 39.0 Å². The van der Waals surface area contributed by atoms with Crippen LogP contribution in [0, 0.1) is 33.8 Å². The monoisotopic (exact) mass is 883 g/mol. The fourth-order valence-corrected chi connectivity index (χ4v) is 10.3. The number of hydrogen-bond donors (Lipinski definition) is 2. The Bertz CT molecular complexity index is 2330. The molecule has 8 rings (SSSR count). The Morgan fingerprint density at radius 2 is 1.65 bits per heavy atom. The van der Waals surface area contributed by atoms with E-state index in [0.29, 0.717) is 48.8 Å². The summed E-state index contributed by atoms with van der Waals surface area (Å²) in [4.78, 5) is 33.6. The van der Waals surface area contributed by atoms with Crippen LogP contribution in [-0.2, 0) is 21.0 Å². The topological polar surface area (TPSA) is 153 Å². The molecule has 2 fully saturated rings. The first-order chi connectivity index (χ1) is 31.8. The third kappa shape index (κ3) is 10.0. The predicted molar refractivity (Wildman–Crippen MR) is 250 cm³/mol. The number of non-ortho nitro benzene ring substituents is 1. The van der Waals surface area contributed by atoms with Crippen molar-refractivity contribution in [3.05, 3.63) is 143 Å². The fraction of sp³-hybridized carbons (Fsp3) is 0.434. The van der Waals surface area contributed by atoms with Crippen LogP contribution in [0.3, 0.4) is 0 Å². The van der Waals surface area contributed by atoms with Gasteiger partial charge in [-0.05, 0) is 122 Å². The Balaban J connectivity index is 1.26. The van der Waals surface area contributed by atoms with Crippen LogP contribution in [0.1, 0.15) is 88.2 Å². The number of nitro benzene ring substituents is 1. The molecular weight excluding hydrogens is 823 g/mol. The highest BCUT2D eigenvalue weighted by molar-refractivity contribution is 6.03. The number of carbonyl (C=O) groups excluding carboxylic acids is 1. The van der Waals surface area contributed by atoms with Crippen molar-refractivity contribution in [3.8, 4) is 28.4 Å². The lowest BCUT2D eigenvalue weighted by molar-refractivity contribution is -0.384. The number of rotatable bonds is 22. The number of oxime groups is 1. The first kappa shape index (κ1) is 45.7. The van der Waals surface area contributed by atoms with E-state index in [2.05, 4.69) is 49.9 Å². The molecule has 0 aromatic heterocycles. The minimum absolute atomic E-state index is 0.00585. The van der Waals surface area contributed by atoms with Gasteiger partial charge in [0.25, 0.3) is 5.69 Å². The Labute approximate surface area is 381 Å². The van der Waals surface area contributed by atoms with Crippen LogP contribution >= 0.6 is 0 Å². The van der Waals surface area contributed by atoms with E-state index in [1.54, 1.807) is 18.2 Å². The number of nitrogens with zero attached hydrogens (tertiary/aromatic N) is 3. The Morgan fingerprint density at radius 1 is 0.938 bits per heavy atom. The third-order valence-corrected chi connectivity index (χ3v) is 13.4. The zero-order valence-corrected chi connectivity index (χ0v) is 37.3. The van der Waals surface area contributed by atoms with E-state index in [1.165, 1.54) is 12.1 Å². The molecule has 2 saturated carbocycles. The maximum absolute atomic E-state index is 14.5. The normalized spacial score (nSPS) is 23.6. The largest absolute Gasteiger partial charge is 0.459 e. The van der Waals surface area contributed by atoms with E-state index in [4.69, 9.17) is 24.2 Å². The lowest BCUT2D eigenvalue weighted by atomic mass is 9.55. The molecule has 4 aromatic carbocycles. The molecule has 65 heavy (non-hydrogen) atoms. The van der Waals surface area contributed by atoms with Crippen molar-refractivity contribution in [1.29, 1.82) is 0 Å². The van der Waals surface area contributed by atoms with Gasteiger partial charge in [-0.15, -0.1) is 6.58 Å². The number of allylic oxidation sites excluding steroid dienone is 1. The van der Waals surface area contributed by atoms with Crippen molar-refractivity contribution in [2.45, 2.75) is 95.5 Å². The van der Waals surface area contributed by atoms with Gasteiger partial charge in [-0.1, -0.05) is 79.5 Å². The number of aliphatic hydroxyl groups excluding tert-OH is 2. The fourth-order valence-electron chi connectivity index (χ4n) is 10.3. The number of fused-ring (bicyclic) bond motifs is 2. The molecule has 1 aliphatic heterocycles. The van der Waals surface area contributed by atoms with Crippen LogP contribution in [0.2, 0.25) is 0 Å². The van der Waals surface area contributed by atoms with Crippen molar-refractivity contribution in [3.63, 3.8) is 0 Å². The number of hydrogen-bond acceptors (Lipinski definition) is 10. The Morgan fingerprint density at radius 3 is 2.32 bits per heavy atom. The van der Waals surface area contributed by atoms with Gasteiger partial charge in [0.15, 0.2) is 0 Å². The lowest BCUT2D eigenvalue weighted by Gasteiger charge is -2.60. The maximum atomic E-state index is 14.5. The quantitative estimate of drug-likeness (QED) is 0.0340. The number of nitro groups is 1. The van der Waals surface area contributed by atoms with Crippen LogP contribution in [0.15, 0.2) is 127 Å². The summed E-state index contributed by atoms with van der Waals surface area (Å²) in [6, 6.07) is 30.0. The number of benzene rings is 4. The molecule has 0 saturated heterocycles. The minimum Gasteiger partial charge on any atom is -0.459 e. The zero-order chi connectivity index (χ0) is 45.3. The lowest BCUT2D eigenvalue weighted by Crippen LogP contribution is -2.70. The first-order valence-electron chi connectivity index (χ1n) is 23.4. The third-order valence-electron chi connectivity index (χ3n) is 13.4. The summed E-state index contributed by atoms with van der Waals surface area (Å²) in [6.07, 6.45) is 11.3. The molecule has 0 unspecified atom stereocenters. The summed E-state index contributed by atoms with van der Waals surface area (Å²) in [5, 5.41) is 36.2. The SMILES string of the molecule is C=CCO[C@@]12Oc3ccc(Oc4ccc(-c5ccccc5)cc4)cc3[C@H]3[C@H](CCCCO)[C@@H](CCCCO)C=C(C(=NOCc4ccc([N+](=O)[O-])cc4)C[C@@H]1N(CCC)C(=O)C1CC1)[C@H]32. The van der Waals surface area contributed by atoms with Crippen molar-refractivity contribution in [2.75, 3.05) is 26.4 Å². The summed E-state index contributed by atoms with van der Waals surface area (Å²) in [5.74, 6) is 0.178. The highest BCUT2D eigenvalue weighted by atomic mass is 16.7. The highest BCUT2D eigenvalue weighted by Gasteiger charge is 2.65. The first-order valence-corrected chi connectivity index (χ1v) is 23.4. The van der Waals surface area contributed by atoms with Gasteiger partial charge in [0, 0.05) is 55.7 Å². The van der Waals surface area contributed by atoms with Gasteiger partial charge in [-0.2, -0.15) is 0 Å². The second-order valence-corrected chi connectivity index (χ2v) is 17.8. The molecule has 6 atom stereocenters. The molecule has 342 valence electrons. The second-order valence-electron chi connectivity index (χ2n) is 17.8. The number of ether oxygens (including phenoxy) is 3. The molecule has 0 radical (unpaired) electrons. The number of carbonyl (C=O) groups is 1. The summed E-state index contributed by atoms with van der Waals surface area (Å²) >= 11 is 0. The molecule has 0 bridgehead atoms. The molecular formula is C53H61N3O9. The smallest absolute Gasteiger partial charge is 0.269 e. The summed E-state index contributed by atoms with van der Waals surface area (Å²) in [5.41, 5.74) is 5.55. The average molecular weight is 884 g/mol. The average Bonchev–Trinajstić information content (AvgIpc) is 4.18. The van der Waals surface area contributed by atoms with E-state index in [1.807, 2.05) is 47.4 Å². The molecule has 0 spiro atoms. The van der Waals surface area contributed by atoms with Gasteiger partial charge < -0.3 is 34.2 Å². The van der Waals surface area contributed by atoms with E-state index >= 15 is 0 Å². The Hall–Kier alpha value is -5.82. The number of aliphatic hydroxyl groups is 2. The standard InChI is InChI=1S/C53H61N3O9/c1-3-28-55(52(59)39-18-19-39)49-34-47(54-63-35-36-16-22-41(23-17-36)56(60)61)45-32-40(14-8-10-29-57)44(15-9-11-30-58)50-46-33-43(26-27-48(46)65-53(49,51(45)50)62-31-4-2)64-42-24-20-38(21-25-42)37-12-6-5-7-13-37/h4-7,12-13,16-17,20-27,32-33,39-40,44,49-51,57-58H,2-3,8-11,14-15,18-19,28-31,34-35H2,1H3/t40-,44+,49-,50+,51+,53+/m0/s1. The Kier molecular flexibility index (Phi) is 14.8. The van der Waals surface area contributed by atoms with Gasteiger partial charge in [0.2, 0.25) is 11.7 Å². The van der Waals surface area contributed by atoms with Gasteiger partial charge >= 0.3 is 0 Å². The van der Waals surface area contributed by atoms with Crippen molar-refractivity contribution in [1.82, 2.24) is 4.90 Å². The van der Waals surface area contributed by atoms with Crippen LogP contribution in [0.5, 0.6) is 17.2 Å². The van der Waals surface area contributed by atoms with Crippen molar-refractivity contribution in [2.24, 2.45) is 28.8 Å². The molecule has 4 aliphatic rings. The van der Waals surface area contributed by atoms with Gasteiger partial charge in [0.05, 0.1) is 23.2 Å². The molecule has 1 heterocycles. The van der Waals surface area contributed by atoms with Crippen LogP contribution in [0.4, 0.5) is 5.69 Å². The molecule has 4 aromatic rings. The molecule has 3 aliphatic carbocycles. The summed E-state index contributed by atoms with van der Waals surface area (Å²) < 4.78 is 21.1. The number of unbranched alkanes of at least 4 members (excludes halogenated alkanes) is 2. The van der Waals surface area contributed by atoms with Crippen LogP contribution in [-0.4, -0.2) is 69.8 Å². The summed E-state index contributed by atoms with van der Waals surface area (Å²) in [7, 11) is 0. The van der Waals surface area contributed by atoms with Gasteiger partial charge in [-0.3, -0.25) is 14.9 Å². The minimum atomic E-state index is -1.34. The van der Waals surface area contributed by atoms with Gasteiger partial charge in [-0.25, -0.2) is 0 Å². The van der Waals surface area contributed by atoms with E-state index in [-0.39, 0.29) is 61.7 Å². The molecule has 12 nitrogen and oxygen atoms in total. The van der Waals surface area contributed by atoms with Crippen LogP contribution in [0.25, 0.3) is 11.1 Å². The zero-order valence-electron chi connectivity index (χ0n) is 37.3. The van der Waals surface area contributed by atoms with E-state index < -0.39 is 22.7 Å². The summed E-state index contributed by atoms with van der Waals surface area (Å²) in [6.45, 7) is 7.08. The molecule has 12 heteroatoms. The van der Waals surface area contributed by atoms with E-state index in [9.17, 15) is 25.1 Å². The second kappa shape index (κ2) is 21.0. The molecule has 1 amide bonds. The van der Waals surface area contributed by atoms with E-state index in [0.717, 1.165) is 72.8 Å². The van der Waals surface area contributed by atoms with Crippen LogP contribution < -0.4 is 9.47 Å². The maximum Gasteiger partial charge on any atom is 0.269 e. The highest BCUT2D eigenvalue weighted by Crippen LogP contribution is 2.62. The van der Waals surface area contributed by atoms with Crippen molar-refractivity contribution >= 4 is 17.3 Å². The van der Waals surface area contributed by atoms with Gasteiger partial charge in [0.1, 0.15) is 29.9 Å².